The summed E-state index contributed by atoms with van der Waals surface area (Å²) in [5.41, 5.74) is 3.26. The molecule has 0 fully saturated rings. The molecular formula is C22H22Cl2IN5O2S. The minimum Gasteiger partial charge on any atom is -0.342 e. The van der Waals surface area contributed by atoms with E-state index in [2.05, 4.69) is 43.4 Å². The van der Waals surface area contributed by atoms with Crippen LogP contribution in [0.4, 0.5) is 5.69 Å². The number of halogens is 3. The highest BCUT2D eigenvalue weighted by molar-refractivity contribution is 14.1. The van der Waals surface area contributed by atoms with Crippen molar-refractivity contribution in [3.05, 3.63) is 66.5 Å². The first kappa shape index (κ1) is 25.8. The summed E-state index contributed by atoms with van der Waals surface area (Å²) >= 11 is 15.4. The lowest BCUT2D eigenvalue weighted by atomic mass is 10.1. The normalized spacial score (nSPS) is 11.8. The van der Waals surface area contributed by atoms with Crippen molar-refractivity contribution in [2.24, 2.45) is 7.05 Å². The third-order valence-electron chi connectivity index (χ3n) is 4.88. The second-order valence-corrected chi connectivity index (χ2v) is 10.5. The Hall–Kier alpha value is -1.82. The monoisotopic (exact) mass is 617 g/mol. The first-order valence-corrected chi connectivity index (χ1v) is 12.7. The van der Waals surface area contributed by atoms with Gasteiger partial charge in [0.1, 0.15) is 0 Å². The van der Waals surface area contributed by atoms with E-state index in [1.54, 1.807) is 23.7 Å². The van der Waals surface area contributed by atoms with Crippen molar-refractivity contribution in [2.75, 3.05) is 11.1 Å². The van der Waals surface area contributed by atoms with Crippen LogP contribution in [0.3, 0.4) is 0 Å². The Morgan fingerprint density at radius 1 is 1.12 bits per heavy atom. The van der Waals surface area contributed by atoms with Gasteiger partial charge in [-0.05, 0) is 84.8 Å². The van der Waals surface area contributed by atoms with Crippen molar-refractivity contribution >= 4 is 75.1 Å². The van der Waals surface area contributed by atoms with Crippen molar-refractivity contribution in [2.45, 2.75) is 32.0 Å². The summed E-state index contributed by atoms with van der Waals surface area (Å²) in [5.74, 6) is 0.315. The Bertz CT molecular complexity index is 1190. The fraction of sp³-hybridized carbons (Fsp3) is 0.273. The van der Waals surface area contributed by atoms with E-state index in [1.807, 2.05) is 32.9 Å². The standard InChI is InChI=1S/C22H22Cl2IN5O2S/c1-11-7-15(25)8-12(2)19(11)27-18(31)10-33-22-29-28-20(30(22)4)13(3)26-21(32)14-5-6-16(23)17(24)9-14/h5-9,13H,10H2,1-4H3,(H,26,32)(H,27,31)/t13-/m0/s1. The zero-order valence-electron chi connectivity index (χ0n) is 18.4. The molecule has 2 N–H and O–H groups in total. The summed E-state index contributed by atoms with van der Waals surface area (Å²) in [6, 6.07) is 8.33. The maximum atomic E-state index is 12.5. The Labute approximate surface area is 220 Å². The number of amides is 2. The molecule has 0 spiro atoms. The lowest BCUT2D eigenvalue weighted by Gasteiger charge is -2.14. The fourth-order valence-corrected chi connectivity index (χ4v) is 5.17. The molecule has 2 amide bonds. The number of nitrogens with one attached hydrogen (secondary N) is 2. The maximum absolute atomic E-state index is 12.5. The molecule has 0 unspecified atom stereocenters. The number of benzene rings is 2. The van der Waals surface area contributed by atoms with Gasteiger partial charge in [-0.1, -0.05) is 35.0 Å². The van der Waals surface area contributed by atoms with Crippen molar-refractivity contribution < 1.29 is 9.59 Å². The number of carbonyl (C=O) groups is 2. The van der Waals surface area contributed by atoms with Crippen LogP contribution >= 0.6 is 57.6 Å². The van der Waals surface area contributed by atoms with E-state index in [4.69, 9.17) is 23.2 Å². The van der Waals surface area contributed by atoms with Gasteiger partial charge in [0.15, 0.2) is 11.0 Å². The Morgan fingerprint density at radius 2 is 1.79 bits per heavy atom. The quantitative estimate of drug-likeness (QED) is 0.267. The van der Waals surface area contributed by atoms with Crippen molar-refractivity contribution in [3.63, 3.8) is 0 Å². The number of aryl methyl sites for hydroxylation is 2. The Kier molecular flexibility index (Phi) is 8.65. The number of hydrogen-bond acceptors (Lipinski definition) is 5. The van der Waals surface area contributed by atoms with E-state index in [9.17, 15) is 9.59 Å². The molecule has 0 aliphatic heterocycles. The molecule has 0 saturated heterocycles. The summed E-state index contributed by atoms with van der Waals surface area (Å²) in [6.07, 6.45) is 0. The average Bonchev–Trinajstić information content (AvgIpc) is 3.11. The van der Waals surface area contributed by atoms with Gasteiger partial charge >= 0.3 is 0 Å². The predicted molar refractivity (Wildman–Crippen MR) is 141 cm³/mol. The fourth-order valence-electron chi connectivity index (χ4n) is 3.22. The molecule has 1 atom stereocenters. The van der Waals surface area contributed by atoms with Crippen LogP contribution in [0, 0.1) is 17.4 Å². The molecular weight excluding hydrogens is 596 g/mol. The molecule has 2 aromatic carbocycles. The zero-order valence-corrected chi connectivity index (χ0v) is 22.9. The highest BCUT2D eigenvalue weighted by Gasteiger charge is 2.20. The summed E-state index contributed by atoms with van der Waals surface area (Å²) in [5, 5.41) is 15.5. The molecule has 7 nitrogen and oxygen atoms in total. The topological polar surface area (TPSA) is 88.9 Å². The van der Waals surface area contributed by atoms with Gasteiger partial charge in [0.05, 0.1) is 21.8 Å². The van der Waals surface area contributed by atoms with Gasteiger partial charge in [0.25, 0.3) is 5.91 Å². The molecule has 1 aromatic heterocycles. The average molecular weight is 618 g/mol. The molecule has 3 rings (SSSR count). The van der Waals surface area contributed by atoms with Crippen LogP contribution in [0.2, 0.25) is 10.0 Å². The first-order valence-electron chi connectivity index (χ1n) is 9.91. The summed E-state index contributed by atoms with van der Waals surface area (Å²) in [7, 11) is 1.80. The van der Waals surface area contributed by atoms with Gasteiger partial charge in [-0.2, -0.15) is 0 Å². The minimum absolute atomic E-state index is 0.127. The van der Waals surface area contributed by atoms with E-state index in [0.717, 1.165) is 20.4 Å². The van der Waals surface area contributed by atoms with E-state index in [1.165, 1.54) is 17.8 Å². The number of anilines is 1. The van der Waals surface area contributed by atoms with Crippen molar-refractivity contribution in [3.8, 4) is 0 Å². The predicted octanol–water partition coefficient (Wildman–Crippen LogP) is 5.57. The molecule has 0 radical (unpaired) electrons. The van der Waals surface area contributed by atoms with E-state index in [0.29, 0.717) is 26.6 Å². The molecule has 0 aliphatic rings. The lowest BCUT2D eigenvalue weighted by molar-refractivity contribution is -0.113. The molecule has 0 bridgehead atoms. The van der Waals surface area contributed by atoms with Crippen LogP contribution < -0.4 is 10.6 Å². The van der Waals surface area contributed by atoms with Crippen LogP contribution in [0.1, 0.15) is 40.3 Å². The molecule has 11 heteroatoms. The van der Waals surface area contributed by atoms with Gasteiger partial charge in [0.2, 0.25) is 5.91 Å². The molecule has 0 aliphatic carbocycles. The molecule has 33 heavy (non-hydrogen) atoms. The third-order valence-corrected chi connectivity index (χ3v) is 7.26. The Balaban J connectivity index is 1.61. The number of rotatable bonds is 7. The Morgan fingerprint density at radius 3 is 2.42 bits per heavy atom. The van der Waals surface area contributed by atoms with E-state index < -0.39 is 6.04 Å². The van der Waals surface area contributed by atoms with Crippen LogP contribution in [-0.2, 0) is 11.8 Å². The maximum Gasteiger partial charge on any atom is 0.251 e. The van der Waals surface area contributed by atoms with Crippen molar-refractivity contribution in [1.29, 1.82) is 0 Å². The van der Waals surface area contributed by atoms with Crippen LogP contribution in [0.15, 0.2) is 35.5 Å². The largest absolute Gasteiger partial charge is 0.342 e. The van der Waals surface area contributed by atoms with Gasteiger partial charge in [-0.25, -0.2) is 0 Å². The second kappa shape index (κ2) is 11.1. The molecule has 174 valence electrons. The van der Waals surface area contributed by atoms with Gasteiger partial charge in [-0.3, -0.25) is 9.59 Å². The molecule has 3 aromatic rings. The lowest BCUT2D eigenvalue weighted by Crippen LogP contribution is -2.28. The summed E-state index contributed by atoms with van der Waals surface area (Å²) < 4.78 is 2.89. The number of carbonyl (C=O) groups excluding carboxylic acids is 2. The number of hydrogen-bond donors (Lipinski definition) is 2. The smallest absolute Gasteiger partial charge is 0.251 e. The molecule has 0 saturated carbocycles. The number of thioether (sulfide) groups is 1. The van der Waals surface area contributed by atoms with Crippen LogP contribution in [0.5, 0.6) is 0 Å². The SMILES string of the molecule is Cc1cc(I)cc(C)c1NC(=O)CSc1nnc([C@H](C)NC(=O)c2ccc(Cl)c(Cl)c2)n1C. The number of nitrogens with zero attached hydrogens (tertiary/aromatic N) is 3. The summed E-state index contributed by atoms with van der Waals surface area (Å²) in [4.78, 5) is 25.1. The second-order valence-electron chi connectivity index (χ2n) is 7.48. The van der Waals surface area contributed by atoms with E-state index in [-0.39, 0.29) is 17.6 Å². The minimum atomic E-state index is -0.412. The van der Waals surface area contributed by atoms with E-state index >= 15 is 0 Å². The van der Waals surface area contributed by atoms with Crippen LogP contribution in [-0.4, -0.2) is 32.3 Å². The van der Waals surface area contributed by atoms with Gasteiger partial charge in [-0.15, -0.1) is 10.2 Å². The highest BCUT2D eigenvalue weighted by Crippen LogP contribution is 2.25. The van der Waals surface area contributed by atoms with Gasteiger partial charge < -0.3 is 15.2 Å². The number of aromatic nitrogens is 3. The van der Waals surface area contributed by atoms with Crippen LogP contribution in [0.25, 0.3) is 0 Å². The third kappa shape index (κ3) is 6.40. The van der Waals surface area contributed by atoms with Crippen molar-refractivity contribution in [1.82, 2.24) is 20.1 Å². The first-order chi connectivity index (χ1) is 15.6. The van der Waals surface area contributed by atoms with Gasteiger partial charge in [0, 0.05) is 21.9 Å². The highest BCUT2D eigenvalue weighted by atomic mass is 127. The molecule has 1 heterocycles. The summed E-state index contributed by atoms with van der Waals surface area (Å²) in [6.45, 7) is 5.75. The zero-order chi connectivity index (χ0) is 24.3.